The molecule has 1 aromatic carbocycles. The second-order valence-electron chi connectivity index (χ2n) is 4.88. The van der Waals surface area contributed by atoms with Crippen LogP contribution in [-0.2, 0) is 9.84 Å². The Labute approximate surface area is 111 Å². The number of hydrogen-bond acceptors (Lipinski definition) is 4. The van der Waals surface area contributed by atoms with Crippen molar-refractivity contribution in [1.29, 1.82) is 0 Å². The number of carbonyl (C=O) groups is 1. The molecule has 106 valence electrons. The molecule has 0 atom stereocenters. The van der Waals surface area contributed by atoms with E-state index in [1.807, 2.05) is 0 Å². The minimum absolute atomic E-state index is 0.106. The predicted molar refractivity (Wildman–Crippen MR) is 69.3 cm³/mol. The third kappa shape index (κ3) is 3.66. The fourth-order valence-corrected chi connectivity index (χ4v) is 1.55. The van der Waals surface area contributed by atoms with Crippen LogP contribution in [0.2, 0.25) is 0 Å². The van der Waals surface area contributed by atoms with E-state index in [1.54, 1.807) is 0 Å². The molecule has 0 fully saturated rings. The summed E-state index contributed by atoms with van der Waals surface area (Å²) in [5.74, 6) is -1.81. The number of phenolic OH excluding ortho intramolecular Hbond substituents is 1. The van der Waals surface area contributed by atoms with Crippen LogP contribution in [0.1, 0.15) is 24.2 Å². The maximum Gasteiger partial charge on any atom is 0.255 e. The zero-order valence-corrected chi connectivity index (χ0v) is 11.7. The summed E-state index contributed by atoms with van der Waals surface area (Å²) < 4.78 is 34.6. The lowest BCUT2D eigenvalue weighted by atomic mass is 10.1. The predicted octanol–water partition coefficient (Wildman–Crippen LogP) is 1.08. The summed E-state index contributed by atoms with van der Waals surface area (Å²) in [6.45, 7) is 2.85. The van der Waals surface area contributed by atoms with Crippen LogP contribution in [0.4, 0.5) is 4.39 Å². The van der Waals surface area contributed by atoms with Crippen LogP contribution in [0.5, 0.6) is 5.75 Å². The first-order valence-corrected chi connectivity index (χ1v) is 7.40. The summed E-state index contributed by atoms with van der Waals surface area (Å²) in [5.41, 5.74) is -0.106. The van der Waals surface area contributed by atoms with Crippen LogP contribution in [-0.4, -0.2) is 37.0 Å². The van der Waals surface area contributed by atoms with Crippen LogP contribution < -0.4 is 5.32 Å². The Kier molecular flexibility index (Phi) is 4.19. The average Bonchev–Trinajstić information content (AvgIpc) is 2.24. The van der Waals surface area contributed by atoms with Gasteiger partial charge in [-0.25, -0.2) is 12.8 Å². The number of amides is 1. The van der Waals surface area contributed by atoms with E-state index in [-0.39, 0.29) is 12.1 Å². The Hall–Kier alpha value is -1.63. The molecule has 0 saturated heterocycles. The number of halogens is 1. The minimum Gasteiger partial charge on any atom is -0.507 e. The number of nitrogens with one attached hydrogen (secondary N) is 1. The molecular weight excluding hydrogens is 273 g/mol. The molecule has 0 aliphatic carbocycles. The number of rotatable bonds is 4. The molecule has 0 aliphatic rings. The van der Waals surface area contributed by atoms with Crippen LogP contribution >= 0.6 is 0 Å². The lowest BCUT2D eigenvalue weighted by Crippen LogP contribution is -2.43. The maximum atomic E-state index is 12.8. The van der Waals surface area contributed by atoms with E-state index in [1.165, 1.54) is 13.8 Å². The molecule has 0 unspecified atom stereocenters. The molecule has 5 nitrogen and oxygen atoms in total. The van der Waals surface area contributed by atoms with Crippen molar-refractivity contribution < 1.29 is 22.7 Å². The quantitative estimate of drug-likeness (QED) is 0.869. The van der Waals surface area contributed by atoms with Crippen molar-refractivity contribution in [3.63, 3.8) is 0 Å². The summed E-state index contributed by atoms with van der Waals surface area (Å²) >= 11 is 0. The van der Waals surface area contributed by atoms with E-state index in [0.717, 1.165) is 24.5 Å². The Morgan fingerprint density at radius 2 is 2.00 bits per heavy atom. The number of phenols is 1. The van der Waals surface area contributed by atoms with Gasteiger partial charge in [0.05, 0.1) is 10.3 Å². The molecule has 0 bridgehead atoms. The standard InChI is InChI=1S/C12H16FNO4S/c1-12(2,19(3,17)18)7-14-11(16)9-5-4-8(13)6-10(9)15/h4-6,15H,7H2,1-3H3,(H,14,16). The van der Waals surface area contributed by atoms with Crippen molar-refractivity contribution in [2.24, 2.45) is 0 Å². The van der Waals surface area contributed by atoms with Gasteiger partial charge in [0.1, 0.15) is 11.6 Å². The molecule has 0 aromatic heterocycles. The SMILES string of the molecule is CC(C)(CNC(=O)c1ccc(F)cc1O)S(C)(=O)=O. The van der Waals surface area contributed by atoms with Gasteiger partial charge in [-0.3, -0.25) is 4.79 Å². The molecule has 2 N–H and O–H groups in total. The lowest BCUT2D eigenvalue weighted by Gasteiger charge is -2.22. The van der Waals surface area contributed by atoms with Gasteiger partial charge < -0.3 is 10.4 Å². The zero-order chi connectivity index (χ0) is 14.8. The number of aromatic hydroxyl groups is 1. The molecular formula is C12H16FNO4S. The van der Waals surface area contributed by atoms with E-state index >= 15 is 0 Å². The molecule has 19 heavy (non-hydrogen) atoms. The Morgan fingerprint density at radius 1 is 1.42 bits per heavy atom. The smallest absolute Gasteiger partial charge is 0.255 e. The van der Waals surface area contributed by atoms with Gasteiger partial charge in [-0.05, 0) is 26.0 Å². The normalized spacial score (nSPS) is 12.2. The number of benzene rings is 1. The fourth-order valence-electron chi connectivity index (χ4n) is 1.22. The molecule has 0 radical (unpaired) electrons. The topological polar surface area (TPSA) is 83.5 Å². The molecule has 0 aliphatic heterocycles. The van der Waals surface area contributed by atoms with Crippen molar-refractivity contribution in [1.82, 2.24) is 5.32 Å². The van der Waals surface area contributed by atoms with Gasteiger partial charge in [0.2, 0.25) is 0 Å². The van der Waals surface area contributed by atoms with Crippen molar-refractivity contribution in [3.8, 4) is 5.75 Å². The van der Waals surface area contributed by atoms with Gasteiger partial charge in [-0.1, -0.05) is 0 Å². The van der Waals surface area contributed by atoms with Gasteiger partial charge in [0.15, 0.2) is 9.84 Å². The maximum absolute atomic E-state index is 12.8. The largest absolute Gasteiger partial charge is 0.507 e. The highest BCUT2D eigenvalue weighted by Crippen LogP contribution is 2.19. The summed E-state index contributed by atoms with van der Waals surface area (Å²) in [6.07, 6.45) is 1.08. The van der Waals surface area contributed by atoms with E-state index in [2.05, 4.69) is 5.32 Å². The molecule has 0 saturated carbocycles. The van der Waals surface area contributed by atoms with E-state index < -0.39 is 32.1 Å². The van der Waals surface area contributed by atoms with Gasteiger partial charge in [0, 0.05) is 18.9 Å². The summed E-state index contributed by atoms with van der Waals surface area (Å²) in [6, 6.07) is 2.99. The van der Waals surface area contributed by atoms with Crippen molar-refractivity contribution >= 4 is 15.7 Å². The Morgan fingerprint density at radius 3 is 2.47 bits per heavy atom. The first-order chi connectivity index (χ1) is 8.54. The van der Waals surface area contributed by atoms with E-state index in [4.69, 9.17) is 0 Å². The molecule has 7 heteroatoms. The molecule has 0 spiro atoms. The Bertz CT molecular complexity index is 596. The first-order valence-electron chi connectivity index (χ1n) is 5.51. The third-order valence-corrected chi connectivity index (χ3v) is 5.03. The molecule has 1 amide bonds. The van der Waals surface area contributed by atoms with Crippen LogP contribution in [0.15, 0.2) is 18.2 Å². The monoisotopic (exact) mass is 289 g/mol. The van der Waals surface area contributed by atoms with Gasteiger partial charge in [-0.2, -0.15) is 0 Å². The summed E-state index contributed by atoms with van der Waals surface area (Å²) in [5, 5.41) is 11.8. The number of sulfone groups is 1. The highest BCUT2D eigenvalue weighted by atomic mass is 32.2. The van der Waals surface area contributed by atoms with Crippen LogP contribution in [0.3, 0.4) is 0 Å². The highest BCUT2D eigenvalue weighted by molar-refractivity contribution is 7.92. The fraction of sp³-hybridized carbons (Fsp3) is 0.417. The number of carbonyl (C=O) groups excluding carboxylic acids is 1. The minimum atomic E-state index is -3.33. The molecule has 0 heterocycles. The van der Waals surface area contributed by atoms with E-state index in [0.29, 0.717) is 0 Å². The van der Waals surface area contributed by atoms with Crippen molar-refractivity contribution in [2.45, 2.75) is 18.6 Å². The van der Waals surface area contributed by atoms with Crippen molar-refractivity contribution in [2.75, 3.05) is 12.8 Å². The summed E-state index contributed by atoms with van der Waals surface area (Å²) in [4.78, 5) is 11.8. The number of hydrogen-bond donors (Lipinski definition) is 2. The highest BCUT2D eigenvalue weighted by Gasteiger charge is 2.30. The molecule has 1 rings (SSSR count). The Balaban J connectivity index is 2.82. The van der Waals surface area contributed by atoms with Crippen molar-refractivity contribution in [3.05, 3.63) is 29.6 Å². The third-order valence-electron chi connectivity index (χ3n) is 2.88. The van der Waals surface area contributed by atoms with Crippen LogP contribution in [0, 0.1) is 5.82 Å². The van der Waals surface area contributed by atoms with Gasteiger partial charge >= 0.3 is 0 Å². The van der Waals surface area contributed by atoms with Gasteiger partial charge in [-0.15, -0.1) is 0 Å². The molecule has 1 aromatic rings. The van der Waals surface area contributed by atoms with E-state index in [9.17, 15) is 22.7 Å². The second-order valence-corrected chi connectivity index (χ2v) is 7.53. The van der Waals surface area contributed by atoms with Crippen LogP contribution in [0.25, 0.3) is 0 Å². The first kappa shape index (κ1) is 15.4. The second kappa shape index (κ2) is 5.16. The summed E-state index contributed by atoms with van der Waals surface area (Å²) in [7, 11) is -3.33. The van der Waals surface area contributed by atoms with Gasteiger partial charge in [0.25, 0.3) is 5.91 Å². The zero-order valence-electron chi connectivity index (χ0n) is 10.9. The average molecular weight is 289 g/mol. The lowest BCUT2D eigenvalue weighted by molar-refractivity contribution is 0.0948.